The molecule has 184 valence electrons. The van der Waals surface area contributed by atoms with Crippen LogP contribution in [0.25, 0.3) is 0 Å². The van der Waals surface area contributed by atoms with E-state index in [0.29, 0.717) is 33.8 Å². The molecule has 0 saturated carbocycles. The normalized spacial score (nSPS) is 11.5. The zero-order chi connectivity index (χ0) is 25.2. The van der Waals surface area contributed by atoms with Crippen LogP contribution in [0.4, 0.5) is 0 Å². The Bertz CT molecular complexity index is 1120. The van der Waals surface area contributed by atoms with Crippen molar-refractivity contribution in [1.29, 1.82) is 0 Å². The zero-order valence-corrected chi connectivity index (χ0v) is 21.6. The Morgan fingerprint density at radius 3 is 2.26 bits per heavy atom. The van der Waals surface area contributed by atoms with Crippen LogP contribution >= 0.6 is 34.8 Å². The molecule has 1 atom stereocenters. The van der Waals surface area contributed by atoms with Crippen molar-refractivity contribution in [1.82, 2.24) is 10.2 Å². The van der Waals surface area contributed by atoms with E-state index in [4.69, 9.17) is 39.5 Å². The molecule has 0 radical (unpaired) electrons. The average Bonchev–Trinajstić information content (AvgIpc) is 2.85. The minimum Gasteiger partial charge on any atom is -0.482 e. The van der Waals surface area contributed by atoms with Crippen molar-refractivity contribution in [3.05, 3.63) is 99.0 Å². The van der Waals surface area contributed by atoms with Gasteiger partial charge in [0.1, 0.15) is 11.8 Å². The highest BCUT2D eigenvalue weighted by atomic mass is 35.5. The molecule has 0 bridgehead atoms. The Morgan fingerprint density at radius 1 is 0.914 bits per heavy atom. The molecule has 35 heavy (non-hydrogen) atoms. The molecule has 5 nitrogen and oxygen atoms in total. The molecular weight excluding hydrogens is 507 g/mol. The van der Waals surface area contributed by atoms with Crippen molar-refractivity contribution in [2.75, 3.05) is 13.2 Å². The summed E-state index contributed by atoms with van der Waals surface area (Å²) in [5.41, 5.74) is 1.79. The van der Waals surface area contributed by atoms with Gasteiger partial charge in [-0.1, -0.05) is 84.2 Å². The van der Waals surface area contributed by atoms with E-state index in [2.05, 4.69) is 5.32 Å². The van der Waals surface area contributed by atoms with Crippen LogP contribution < -0.4 is 10.1 Å². The van der Waals surface area contributed by atoms with Crippen LogP contribution in [0.15, 0.2) is 72.8 Å². The molecule has 0 aliphatic rings. The Kier molecular flexibility index (Phi) is 10.3. The highest BCUT2D eigenvalue weighted by molar-refractivity contribution is 6.35. The third-order valence-electron chi connectivity index (χ3n) is 5.33. The first kappa shape index (κ1) is 26.9. The minimum atomic E-state index is -0.739. The largest absolute Gasteiger partial charge is 0.482 e. The molecule has 0 fully saturated rings. The lowest BCUT2D eigenvalue weighted by Crippen LogP contribution is -2.51. The van der Waals surface area contributed by atoms with Gasteiger partial charge >= 0.3 is 0 Å². The number of rotatable bonds is 11. The fourth-order valence-corrected chi connectivity index (χ4v) is 4.11. The molecule has 0 aliphatic carbocycles. The third kappa shape index (κ3) is 8.17. The van der Waals surface area contributed by atoms with Crippen LogP contribution in [-0.4, -0.2) is 35.9 Å². The fourth-order valence-electron chi connectivity index (χ4n) is 3.52. The van der Waals surface area contributed by atoms with Gasteiger partial charge in [-0.15, -0.1) is 0 Å². The molecule has 0 heterocycles. The van der Waals surface area contributed by atoms with Crippen molar-refractivity contribution < 1.29 is 14.3 Å². The second kappa shape index (κ2) is 13.4. The van der Waals surface area contributed by atoms with Gasteiger partial charge in [-0.05, 0) is 47.9 Å². The average molecular weight is 534 g/mol. The molecule has 8 heteroatoms. The van der Waals surface area contributed by atoms with Crippen LogP contribution in [0.5, 0.6) is 5.75 Å². The molecule has 0 aliphatic heterocycles. The van der Waals surface area contributed by atoms with Crippen LogP contribution in [0, 0.1) is 0 Å². The summed E-state index contributed by atoms with van der Waals surface area (Å²) < 4.78 is 5.72. The summed E-state index contributed by atoms with van der Waals surface area (Å²) in [7, 11) is 0. The second-order valence-electron chi connectivity index (χ2n) is 8.01. The molecule has 3 aromatic carbocycles. The van der Waals surface area contributed by atoms with E-state index in [1.54, 1.807) is 35.2 Å². The van der Waals surface area contributed by atoms with E-state index < -0.39 is 6.04 Å². The van der Waals surface area contributed by atoms with Crippen LogP contribution in [0.3, 0.4) is 0 Å². The van der Waals surface area contributed by atoms with Gasteiger partial charge in [-0.2, -0.15) is 0 Å². The van der Waals surface area contributed by atoms with Crippen LogP contribution in [0.2, 0.25) is 15.1 Å². The number of halogens is 3. The lowest BCUT2D eigenvalue weighted by molar-refractivity contribution is -0.142. The van der Waals surface area contributed by atoms with Gasteiger partial charge in [-0.3, -0.25) is 9.59 Å². The first-order valence-corrected chi connectivity index (χ1v) is 12.4. The van der Waals surface area contributed by atoms with Gasteiger partial charge in [0, 0.05) is 29.6 Å². The molecule has 2 amide bonds. The summed E-state index contributed by atoms with van der Waals surface area (Å²) in [4.78, 5) is 28.3. The van der Waals surface area contributed by atoms with Crippen molar-refractivity contribution >= 4 is 46.6 Å². The third-order valence-corrected chi connectivity index (χ3v) is 6.11. The maximum atomic E-state index is 13.5. The van der Waals surface area contributed by atoms with Gasteiger partial charge in [0.2, 0.25) is 5.91 Å². The van der Waals surface area contributed by atoms with Crippen molar-refractivity contribution in [2.24, 2.45) is 0 Å². The molecule has 1 unspecified atom stereocenters. The molecule has 3 aromatic rings. The van der Waals surface area contributed by atoms with Crippen LogP contribution in [0.1, 0.15) is 24.5 Å². The van der Waals surface area contributed by atoms with Gasteiger partial charge in [0.05, 0.1) is 5.02 Å². The number of nitrogens with one attached hydrogen (secondary N) is 1. The second-order valence-corrected chi connectivity index (χ2v) is 9.29. The van der Waals surface area contributed by atoms with Gasteiger partial charge in [-0.25, -0.2) is 0 Å². The Balaban J connectivity index is 1.89. The Labute approximate surface area is 220 Å². The summed E-state index contributed by atoms with van der Waals surface area (Å²) in [6, 6.07) is 20.8. The monoisotopic (exact) mass is 532 g/mol. The number of benzene rings is 3. The van der Waals surface area contributed by atoms with Crippen molar-refractivity contribution in [2.45, 2.75) is 32.4 Å². The first-order valence-electron chi connectivity index (χ1n) is 11.3. The molecule has 0 aromatic heterocycles. The highest BCUT2D eigenvalue weighted by Gasteiger charge is 2.30. The summed E-state index contributed by atoms with van der Waals surface area (Å²) >= 11 is 18.2. The molecule has 0 saturated heterocycles. The van der Waals surface area contributed by atoms with Gasteiger partial charge in [0.15, 0.2) is 6.61 Å². The Morgan fingerprint density at radius 2 is 1.60 bits per heavy atom. The number of carbonyl (C=O) groups excluding carboxylic acids is 2. The Hall–Kier alpha value is -2.73. The lowest BCUT2D eigenvalue weighted by atomic mass is 10.0. The van der Waals surface area contributed by atoms with Gasteiger partial charge < -0.3 is 15.0 Å². The minimum absolute atomic E-state index is 0.213. The van der Waals surface area contributed by atoms with Crippen molar-refractivity contribution in [3.63, 3.8) is 0 Å². The van der Waals surface area contributed by atoms with E-state index in [-0.39, 0.29) is 25.0 Å². The number of hydrogen-bond donors (Lipinski definition) is 1. The fraction of sp³-hybridized carbons (Fsp3) is 0.259. The topological polar surface area (TPSA) is 58.6 Å². The zero-order valence-electron chi connectivity index (χ0n) is 19.3. The number of ether oxygens (including phenoxy) is 1. The predicted molar refractivity (Wildman–Crippen MR) is 141 cm³/mol. The number of amides is 2. The molecule has 0 spiro atoms. The number of carbonyl (C=O) groups is 2. The predicted octanol–water partition coefficient (Wildman–Crippen LogP) is 6.19. The number of hydrogen-bond acceptors (Lipinski definition) is 3. The van der Waals surface area contributed by atoms with E-state index >= 15 is 0 Å². The lowest BCUT2D eigenvalue weighted by Gasteiger charge is -2.31. The maximum absolute atomic E-state index is 13.5. The standard InChI is InChI=1S/C27H27Cl3N2O3/c1-2-14-31-27(34)24(15-19-6-4-3-5-7-19)32(17-20-8-10-21(28)11-9-20)26(33)18-35-25-13-12-22(29)16-23(25)30/h3-13,16,24H,2,14-15,17-18H2,1H3,(H,31,34). The van der Waals surface area contributed by atoms with Gasteiger partial charge in [0.25, 0.3) is 5.91 Å². The van der Waals surface area contributed by atoms with E-state index in [9.17, 15) is 9.59 Å². The van der Waals surface area contributed by atoms with E-state index in [0.717, 1.165) is 17.5 Å². The first-order chi connectivity index (χ1) is 16.9. The smallest absolute Gasteiger partial charge is 0.261 e. The number of nitrogens with zero attached hydrogens (tertiary/aromatic N) is 1. The molecule has 3 rings (SSSR count). The summed E-state index contributed by atoms with van der Waals surface area (Å²) in [5, 5.41) is 4.30. The van der Waals surface area contributed by atoms with Crippen LogP contribution in [-0.2, 0) is 22.6 Å². The summed E-state index contributed by atoms with van der Waals surface area (Å²) in [6.45, 7) is 2.42. The summed E-state index contributed by atoms with van der Waals surface area (Å²) in [5.74, 6) is -0.230. The maximum Gasteiger partial charge on any atom is 0.261 e. The summed E-state index contributed by atoms with van der Waals surface area (Å²) in [6.07, 6.45) is 1.14. The van der Waals surface area contributed by atoms with E-state index in [1.807, 2.05) is 49.4 Å². The highest BCUT2D eigenvalue weighted by Crippen LogP contribution is 2.27. The molecular formula is C27H27Cl3N2O3. The SMILES string of the molecule is CCCNC(=O)C(Cc1ccccc1)N(Cc1ccc(Cl)cc1)C(=O)COc1ccc(Cl)cc1Cl. The van der Waals surface area contributed by atoms with E-state index in [1.165, 1.54) is 0 Å². The quantitative estimate of drug-likeness (QED) is 0.320. The van der Waals surface area contributed by atoms with Crippen molar-refractivity contribution in [3.8, 4) is 5.75 Å². The molecule has 1 N–H and O–H groups in total.